The number of hydrogen-bond donors (Lipinski definition) is 1. The molecule has 0 spiro atoms. The number of halogens is 2. The molecule has 1 saturated heterocycles. The number of morpholine rings is 1. The third-order valence-electron chi connectivity index (χ3n) is 5.64. The molecule has 1 aromatic heterocycles. The summed E-state index contributed by atoms with van der Waals surface area (Å²) in [6.07, 6.45) is 0. The van der Waals surface area contributed by atoms with Gasteiger partial charge in [0.2, 0.25) is 0 Å². The van der Waals surface area contributed by atoms with Crippen LogP contribution in [0.5, 0.6) is 0 Å². The van der Waals surface area contributed by atoms with Crippen molar-refractivity contribution in [3.63, 3.8) is 0 Å². The number of benzene rings is 2. The van der Waals surface area contributed by atoms with E-state index < -0.39 is 11.8 Å². The van der Waals surface area contributed by atoms with Crippen LogP contribution in [0.4, 0.5) is 4.39 Å². The highest BCUT2D eigenvalue weighted by atomic mass is 35.5. The molecule has 1 aliphatic rings. The molecule has 0 aliphatic carbocycles. The molecule has 0 amide bonds. The van der Waals surface area contributed by atoms with Crippen LogP contribution in [0.2, 0.25) is 5.02 Å². The Morgan fingerprint density at radius 1 is 1.30 bits per heavy atom. The third kappa shape index (κ3) is 5.38. The Hall–Kier alpha value is -2.46. The van der Waals surface area contributed by atoms with Crippen LogP contribution in [-0.2, 0) is 21.8 Å². The topological polar surface area (TPSA) is 74.9 Å². The van der Waals surface area contributed by atoms with Gasteiger partial charge in [-0.2, -0.15) is 0 Å². The van der Waals surface area contributed by atoms with E-state index in [1.807, 2.05) is 0 Å². The zero-order valence-electron chi connectivity index (χ0n) is 18.1. The molecule has 2 heterocycles. The normalized spacial score (nSPS) is 14.5. The van der Waals surface area contributed by atoms with E-state index >= 15 is 0 Å². The molecule has 33 heavy (non-hydrogen) atoms. The van der Waals surface area contributed by atoms with Crippen LogP contribution in [0.15, 0.2) is 46.3 Å². The maximum Gasteiger partial charge on any atom is 0.337 e. The number of quaternary nitrogens is 1. The highest BCUT2D eigenvalue weighted by Gasteiger charge is 2.19. The lowest BCUT2D eigenvalue weighted by atomic mass is 10.1. The lowest BCUT2D eigenvalue weighted by Crippen LogP contribution is -3.14. The van der Waals surface area contributed by atoms with Gasteiger partial charge in [0.25, 0.3) is 5.56 Å². The number of methoxy groups -OCH3 is 1. The monoisotopic (exact) mass is 492 g/mol. The van der Waals surface area contributed by atoms with Gasteiger partial charge in [0, 0.05) is 16.3 Å². The summed E-state index contributed by atoms with van der Waals surface area (Å²) < 4.78 is 26.1. The van der Waals surface area contributed by atoms with Gasteiger partial charge in [-0.05, 0) is 30.3 Å². The lowest BCUT2D eigenvalue weighted by Gasteiger charge is -2.24. The van der Waals surface area contributed by atoms with Crippen molar-refractivity contribution < 1.29 is 23.6 Å². The standard InChI is InChI=1S/C23H23ClFN3O4S/c1-31-22(30)15-5-6-16-20(13-15)26-23(33-14-17-18(24)3-2-4-19(17)25)28(21(16)29)8-7-27-9-11-32-12-10-27/h2-6,13H,7-12,14H2,1H3/p+1. The molecule has 1 N–H and O–H groups in total. The summed E-state index contributed by atoms with van der Waals surface area (Å²) in [6.45, 7) is 4.36. The van der Waals surface area contributed by atoms with Crippen LogP contribution in [0.1, 0.15) is 15.9 Å². The predicted octanol–water partition coefficient (Wildman–Crippen LogP) is 2.18. The fourth-order valence-corrected chi connectivity index (χ4v) is 5.11. The van der Waals surface area contributed by atoms with E-state index in [9.17, 15) is 14.0 Å². The number of rotatable bonds is 7. The molecule has 0 atom stereocenters. The molecule has 3 aromatic rings. The zero-order chi connectivity index (χ0) is 23.4. The number of hydrogen-bond acceptors (Lipinski definition) is 6. The highest BCUT2D eigenvalue weighted by molar-refractivity contribution is 7.98. The first kappa shape index (κ1) is 23.7. The zero-order valence-corrected chi connectivity index (χ0v) is 19.7. The Morgan fingerprint density at radius 2 is 2.09 bits per heavy atom. The molecule has 10 heteroatoms. The SMILES string of the molecule is COC(=O)c1ccc2c(=O)n(CC[NH+]3CCOCC3)c(SCc3c(F)cccc3Cl)nc2c1. The van der Waals surface area contributed by atoms with Crippen molar-refractivity contribution in [1.29, 1.82) is 0 Å². The summed E-state index contributed by atoms with van der Waals surface area (Å²) in [5, 5.41) is 1.18. The van der Waals surface area contributed by atoms with Gasteiger partial charge in [-0.15, -0.1) is 0 Å². The second kappa shape index (κ2) is 10.6. The summed E-state index contributed by atoms with van der Waals surface area (Å²) in [7, 11) is 1.30. The van der Waals surface area contributed by atoms with E-state index in [-0.39, 0.29) is 11.3 Å². The minimum Gasteiger partial charge on any atom is -0.465 e. The molecule has 0 unspecified atom stereocenters. The second-order valence-corrected chi connectivity index (χ2v) is 9.03. The first-order valence-corrected chi connectivity index (χ1v) is 11.9. The van der Waals surface area contributed by atoms with Crippen molar-refractivity contribution in [1.82, 2.24) is 9.55 Å². The van der Waals surface area contributed by atoms with Crippen molar-refractivity contribution in [2.24, 2.45) is 0 Å². The van der Waals surface area contributed by atoms with Crippen LogP contribution in [0, 0.1) is 5.82 Å². The minimum absolute atomic E-state index is 0.203. The fourth-order valence-electron chi connectivity index (χ4n) is 3.74. The van der Waals surface area contributed by atoms with E-state index in [0.717, 1.165) is 19.6 Å². The van der Waals surface area contributed by atoms with Crippen molar-refractivity contribution in [2.75, 3.05) is 40.0 Å². The molecule has 1 fully saturated rings. The number of esters is 1. The molecule has 0 bridgehead atoms. The van der Waals surface area contributed by atoms with Crippen molar-refractivity contribution in [3.8, 4) is 0 Å². The molecular formula is C23H24ClFN3O4S+. The first-order chi connectivity index (χ1) is 16.0. The van der Waals surface area contributed by atoms with Gasteiger partial charge in [0.1, 0.15) is 18.9 Å². The van der Waals surface area contributed by atoms with E-state index in [1.165, 1.54) is 29.8 Å². The number of nitrogens with zero attached hydrogens (tertiary/aromatic N) is 2. The Kier molecular flexibility index (Phi) is 7.64. The Balaban J connectivity index is 1.70. The van der Waals surface area contributed by atoms with E-state index in [1.54, 1.807) is 34.9 Å². The molecule has 1 aliphatic heterocycles. The molecule has 4 rings (SSSR count). The maximum atomic E-state index is 14.3. The van der Waals surface area contributed by atoms with Crippen LogP contribution >= 0.6 is 23.4 Å². The largest absolute Gasteiger partial charge is 0.465 e. The quantitative estimate of drug-likeness (QED) is 0.309. The number of thioether (sulfide) groups is 1. The van der Waals surface area contributed by atoms with E-state index in [2.05, 4.69) is 4.98 Å². The van der Waals surface area contributed by atoms with Gasteiger partial charge in [-0.1, -0.05) is 29.4 Å². The Morgan fingerprint density at radius 3 is 2.82 bits per heavy atom. The number of ether oxygens (including phenoxy) is 2. The summed E-state index contributed by atoms with van der Waals surface area (Å²) in [5.74, 6) is -0.702. The highest BCUT2D eigenvalue weighted by Crippen LogP contribution is 2.28. The van der Waals surface area contributed by atoms with Crippen LogP contribution in [-0.4, -0.2) is 55.5 Å². The molecule has 7 nitrogen and oxygen atoms in total. The number of carbonyl (C=O) groups excluding carboxylic acids is 1. The minimum atomic E-state index is -0.508. The summed E-state index contributed by atoms with van der Waals surface area (Å²) >= 11 is 7.43. The molecule has 174 valence electrons. The van der Waals surface area contributed by atoms with Gasteiger partial charge >= 0.3 is 5.97 Å². The van der Waals surface area contributed by atoms with Crippen molar-refractivity contribution >= 4 is 40.2 Å². The van der Waals surface area contributed by atoms with E-state index in [0.29, 0.717) is 52.0 Å². The average Bonchev–Trinajstić information content (AvgIpc) is 2.83. The number of fused-ring (bicyclic) bond motifs is 1. The van der Waals surface area contributed by atoms with Crippen molar-refractivity contribution in [3.05, 3.63) is 68.7 Å². The Bertz CT molecular complexity index is 1210. The smallest absolute Gasteiger partial charge is 0.337 e. The van der Waals surface area contributed by atoms with Gasteiger partial charge < -0.3 is 14.4 Å². The van der Waals surface area contributed by atoms with Gasteiger partial charge in [0.05, 0.1) is 49.9 Å². The second-order valence-electron chi connectivity index (χ2n) is 7.68. The van der Waals surface area contributed by atoms with Gasteiger partial charge in [0.15, 0.2) is 5.16 Å². The molecule has 2 aromatic carbocycles. The summed E-state index contributed by atoms with van der Waals surface area (Å²) in [4.78, 5) is 31.3. The summed E-state index contributed by atoms with van der Waals surface area (Å²) in [5.41, 5.74) is 0.846. The Labute approximate surface area is 199 Å². The molecular weight excluding hydrogens is 469 g/mol. The van der Waals surface area contributed by atoms with Crippen LogP contribution in [0.25, 0.3) is 10.9 Å². The molecule has 0 saturated carbocycles. The van der Waals surface area contributed by atoms with Crippen LogP contribution < -0.4 is 10.5 Å². The van der Waals surface area contributed by atoms with Crippen molar-refractivity contribution in [2.45, 2.75) is 17.5 Å². The lowest BCUT2D eigenvalue weighted by molar-refractivity contribution is -0.908. The number of nitrogens with one attached hydrogen (secondary N) is 1. The number of carbonyl (C=O) groups is 1. The average molecular weight is 493 g/mol. The fraction of sp³-hybridized carbons (Fsp3) is 0.348. The number of aromatic nitrogens is 2. The predicted molar refractivity (Wildman–Crippen MR) is 125 cm³/mol. The van der Waals surface area contributed by atoms with Crippen LogP contribution in [0.3, 0.4) is 0 Å². The van der Waals surface area contributed by atoms with E-state index in [4.69, 9.17) is 21.1 Å². The maximum absolute atomic E-state index is 14.3. The van der Waals surface area contributed by atoms with Gasteiger partial charge in [-0.3, -0.25) is 9.36 Å². The summed E-state index contributed by atoms with van der Waals surface area (Å²) in [6, 6.07) is 9.23. The van der Waals surface area contributed by atoms with Gasteiger partial charge in [-0.25, -0.2) is 14.2 Å². The molecule has 0 radical (unpaired) electrons. The first-order valence-electron chi connectivity index (χ1n) is 10.6. The third-order valence-corrected chi connectivity index (χ3v) is 6.99.